The first-order chi connectivity index (χ1) is 10.8. The van der Waals surface area contributed by atoms with Gasteiger partial charge in [-0.25, -0.2) is 13.6 Å². The molecular weight excluding hydrogens is 338 g/mol. The van der Waals surface area contributed by atoms with Crippen LogP contribution in [-0.4, -0.2) is 19.3 Å². The van der Waals surface area contributed by atoms with Crippen molar-refractivity contribution >= 4 is 44.1 Å². The number of hydrogen-bond acceptors (Lipinski definition) is 3. The Morgan fingerprint density at radius 1 is 1.13 bits per heavy atom. The molecule has 23 heavy (non-hydrogen) atoms. The van der Waals surface area contributed by atoms with E-state index in [0.717, 1.165) is 10.9 Å². The van der Waals surface area contributed by atoms with Crippen LogP contribution in [0.3, 0.4) is 0 Å². The first-order valence-corrected chi connectivity index (χ1v) is 8.48. The molecule has 0 unspecified atom stereocenters. The second-order valence-electron chi connectivity index (χ2n) is 4.94. The smallest absolute Gasteiger partial charge is 0.272 e. The highest BCUT2D eigenvalue weighted by atomic mass is 35.5. The molecule has 0 saturated heterocycles. The minimum absolute atomic E-state index is 0.0706. The van der Waals surface area contributed by atoms with Crippen LogP contribution in [0.4, 0.5) is 5.69 Å². The lowest BCUT2D eigenvalue weighted by Crippen LogP contribution is -2.15. The van der Waals surface area contributed by atoms with Gasteiger partial charge in [0.05, 0.1) is 4.90 Å². The van der Waals surface area contributed by atoms with Crippen LogP contribution in [0.25, 0.3) is 10.9 Å². The molecule has 8 heteroatoms. The minimum atomic E-state index is -3.82. The molecule has 6 nitrogen and oxygen atoms in total. The van der Waals surface area contributed by atoms with Crippen molar-refractivity contribution in [1.82, 2.24) is 4.98 Å². The number of halogens is 1. The zero-order valence-corrected chi connectivity index (χ0v) is 13.3. The Morgan fingerprint density at radius 3 is 2.65 bits per heavy atom. The third-order valence-electron chi connectivity index (χ3n) is 3.25. The Hall–Kier alpha value is -2.35. The third kappa shape index (κ3) is 3.37. The van der Waals surface area contributed by atoms with Gasteiger partial charge >= 0.3 is 0 Å². The number of rotatable bonds is 3. The fourth-order valence-electron chi connectivity index (χ4n) is 2.18. The van der Waals surface area contributed by atoms with Crippen LogP contribution in [0, 0.1) is 0 Å². The molecule has 3 aromatic rings. The average molecular weight is 350 g/mol. The van der Waals surface area contributed by atoms with Crippen molar-refractivity contribution in [2.45, 2.75) is 4.90 Å². The standard InChI is InChI=1S/C15H12ClN3O3S/c16-10-4-5-13-9(6-10)7-14(19-13)15(20)18-11-2-1-3-12(8-11)23(17,21)22/h1-8,19H,(H,18,20)(H2,17,21,22). The molecule has 2 aromatic carbocycles. The van der Waals surface area contributed by atoms with Gasteiger partial charge in [-0.1, -0.05) is 17.7 Å². The van der Waals surface area contributed by atoms with Crippen LogP contribution < -0.4 is 10.5 Å². The predicted octanol–water partition coefficient (Wildman–Crippen LogP) is 2.72. The number of primary sulfonamides is 1. The Balaban J connectivity index is 1.88. The Bertz CT molecular complexity index is 1010. The monoisotopic (exact) mass is 349 g/mol. The number of carbonyl (C=O) groups excluding carboxylic acids is 1. The minimum Gasteiger partial charge on any atom is -0.351 e. The Labute approximate surface area is 137 Å². The van der Waals surface area contributed by atoms with Crippen molar-refractivity contribution in [1.29, 1.82) is 0 Å². The van der Waals surface area contributed by atoms with Crippen LogP contribution in [0.1, 0.15) is 10.5 Å². The lowest BCUT2D eigenvalue weighted by Gasteiger charge is -2.05. The first-order valence-electron chi connectivity index (χ1n) is 6.55. The summed E-state index contributed by atoms with van der Waals surface area (Å²) in [4.78, 5) is 15.2. The predicted molar refractivity (Wildman–Crippen MR) is 89.1 cm³/mol. The summed E-state index contributed by atoms with van der Waals surface area (Å²) in [6.45, 7) is 0. The number of anilines is 1. The maximum atomic E-state index is 12.3. The van der Waals surface area contributed by atoms with E-state index in [1.54, 1.807) is 30.3 Å². The molecule has 0 atom stereocenters. The number of fused-ring (bicyclic) bond motifs is 1. The van der Waals surface area contributed by atoms with Crippen molar-refractivity contribution < 1.29 is 13.2 Å². The molecule has 0 fully saturated rings. The summed E-state index contributed by atoms with van der Waals surface area (Å²) in [7, 11) is -3.82. The second kappa shape index (κ2) is 5.69. The molecular formula is C15H12ClN3O3S. The summed E-state index contributed by atoms with van der Waals surface area (Å²) in [6.07, 6.45) is 0. The summed E-state index contributed by atoms with van der Waals surface area (Å²) in [5.41, 5.74) is 1.44. The van der Waals surface area contributed by atoms with Gasteiger partial charge in [-0.3, -0.25) is 4.79 Å². The average Bonchev–Trinajstić information content (AvgIpc) is 2.90. The highest BCUT2D eigenvalue weighted by Gasteiger charge is 2.12. The molecule has 118 valence electrons. The number of hydrogen-bond donors (Lipinski definition) is 3. The number of amides is 1. The summed E-state index contributed by atoms with van der Waals surface area (Å²) in [5, 5.41) is 9.08. The first kappa shape index (κ1) is 15.5. The van der Waals surface area contributed by atoms with Gasteiger partial charge in [0.1, 0.15) is 5.69 Å². The molecule has 1 aromatic heterocycles. The van der Waals surface area contributed by atoms with Gasteiger partial charge in [0, 0.05) is 21.6 Å². The normalized spacial score (nSPS) is 11.6. The van der Waals surface area contributed by atoms with Crippen molar-refractivity contribution in [3.8, 4) is 0 Å². The van der Waals surface area contributed by atoms with Crippen LogP contribution >= 0.6 is 11.6 Å². The molecule has 0 aliphatic rings. The van der Waals surface area contributed by atoms with Crippen molar-refractivity contribution in [2.24, 2.45) is 5.14 Å². The van der Waals surface area contributed by atoms with E-state index in [4.69, 9.17) is 16.7 Å². The number of aromatic amines is 1. The zero-order chi connectivity index (χ0) is 16.6. The zero-order valence-electron chi connectivity index (χ0n) is 11.7. The summed E-state index contributed by atoms with van der Waals surface area (Å²) >= 11 is 5.91. The molecule has 0 spiro atoms. The van der Waals surface area contributed by atoms with Crippen LogP contribution in [-0.2, 0) is 10.0 Å². The molecule has 0 saturated carbocycles. The van der Waals surface area contributed by atoms with Gasteiger partial charge in [0.2, 0.25) is 10.0 Å². The van der Waals surface area contributed by atoms with Crippen molar-refractivity contribution in [3.05, 3.63) is 59.2 Å². The lowest BCUT2D eigenvalue weighted by atomic mass is 10.2. The SMILES string of the molecule is NS(=O)(=O)c1cccc(NC(=O)c2cc3cc(Cl)ccc3[nH]2)c1. The Morgan fingerprint density at radius 2 is 1.91 bits per heavy atom. The maximum Gasteiger partial charge on any atom is 0.272 e. The highest BCUT2D eigenvalue weighted by molar-refractivity contribution is 7.89. The number of benzene rings is 2. The summed E-state index contributed by atoms with van der Waals surface area (Å²) in [5.74, 6) is -0.399. The van der Waals surface area contributed by atoms with Crippen LogP contribution in [0.5, 0.6) is 0 Å². The van der Waals surface area contributed by atoms with Gasteiger partial charge in [0.25, 0.3) is 5.91 Å². The van der Waals surface area contributed by atoms with E-state index in [9.17, 15) is 13.2 Å². The van der Waals surface area contributed by atoms with E-state index >= 15 is 0 Å². The lowest BCUT2D eigenvalue weighted by molar-refractivity contribution is 0.102. The number of carbonyl (C=O) groups is 1. The third-order valence-corrected chi connectivity index (χ3v) is 4.39. The van der Waals surface area contributed by atoms with Gasteiger partial charge in [0.15, 0.2) is 0 Å². The Kier molecular flexibility index (Phi) is 3.85. The van der Waals surface area contributed by atoms with E-state index in [1.807, 2.05) is 0 Å². The molecule has 0 radical (unpaired) electrons. The molecule has 0 aliphatic heterocycles. The summed E-state index contributed by atoms with van der Waals surface area (Å²) < 4.78 is 22.7. The topological polar surface area (TPSA) is 105 Å². The number of aromatic nitrogens is 1. The van der Waals surface area contributed by atoms with Crippen molar-refractivity contribution in [2.75, 3.05) is 5.32 Å². The van der Waals surface area contributed by atoms with E-state index in [0.29, 0.717) is 16.4 Å². The molecule has 0 aliphatic carbocycles. The molecule has 1 amide bonds. The fraction of sp³-hybridized carbons (Fsp3) is 0. The number of nitrogens with two attached hydrogens (primary N) is 1. The highest BCUT2D eigenvalue weighted by Crippen LogP contribution is 2.21. The number of sulfonamides is 1. The molecule has 0 bridgehead atoms. The summed E-state index contributed by atoms with van der Waals surface area (Å²) in [6, 6.07) is 12.6. The molecule has 3 rings (SSSR count). The number of nitrogens with one attached hydrogen (secondary N) is 2. The van der Waals surface area contributed by atoms with Crippen molar-refractivity contribution in [3.63, 3.8) is 0 Å². The van der Waals surface area contributed by atoms with Gasteiger partial charge < -0.3 is 10.3 Å². The quantitative estimate of drug-likeness (QED) is 0.677. The second-order valence-corrected chi connectivity index (χ2v) is 6.94. The van der Waals surface area contributed by atoms with Gasteiger partial charge in [-0.2, -0.15) is 0 Å². The maximum absolute atomic E-state index is 12.3. The van der Waals surface area contributed by atoms with E-state index < -0.39 is 15.9 Å². The molecule has 1 heterocycles. The number of H-pyrrole nitrogens is 1. The van der Waals surface area contributed by atoms with Gasteiger partial charge in [-0.15, -0.1) is 0 Å². The largest absolute Gasteiger partial charge is 0.351 e. The molecule has 4 N–H and O–H groups in total. The fourth-order valence-corrected chi connectivity index (χ4v) is 2.92. The van der Waals surface area contributed by atoms with E-state index in [-0.39, 0.29) is 4.90 Å². The van der Waals surface area contributed by atoms with Crippen LogP contribution in [0.2, 0.25) is 5.02 Å². The van der Waals surface area contributed by atoms with E-state index in [1.165, 1.54) is 18.2 Å². The van der Waals surface area contributed by atoms with Crippen LogP contribution in [0.15, 0.2) is 53.4 Å². The van der Waals surface area contributed by atoms with Gasteiger partial charge in [-0.05, 0) is 42.5 Å². The van der Waals surface area contributed by atoms with E-state index in [2.05, 4.69) is 10.3 Å².